The summed E-state index contributed by atoms with van der Waals surface area (Å²) in [5.74, 6) is 0. The molecule has 2 heterocycles. The Morgan fingerprint density at radius 1 is 0.621 bits per heavy atom. The van der Waals surface area contributed by atoms with E-state index in [0.717, 1.165) is 44.7 Å². The van der Waals surface area contributed by atoms with E-state index in [1.54, 1.807) is 0 Å². The first-order chi connectivity index (χ1) is 14.3. The van der Waals surface area contributed by atoms with Gasteiger partial charge in [-0.3, -0.25) is 0 Å². The number of hydrogen-bond acceptors (Lipinski definition) is 3. The van der Waals surface area contributed by atoms with E-state index >= 15 is 0 Å². The van der Waals surface area contributed by atoms with Crippen molar-refractivity contribution in [3.8, 4) is 0 Å². The Morgan fingerprint density at radius 3 is 2.14 bits per heavy atom. The van der Waals surface area contributed by atoms with Gasteiger partial charge in [-0.2, -0.15) is 0 Å². The van der Waals surface area contributed by atoms with E-state index in [4.69, 9.17) is 4.42 Å². The lowest BCUT2D eigenvalue weighted by Crippen LogP contribution is -2.18. The van der Waals surface area contributed by atoms with Crippen LogP contribution in [0.3, 0.4) is 0 Å². The number of nitrogens with zero attached hydrogens (tertiary/aromatic N) is 2. The summed E-state index contributed by atoms with van der Waals surface area (Å²) in [4.78, 5) is 4.48. The molecule has 1 aliphatic heterocycles. The molecular formula is C26H19N2O. The van der Waals surface area contributed by atoms with Gasteiger partial charge in [-0.15, -0.1) is 0 Å². The Morgan fingerprint density at radius 2 is 1.31 bits per heavy atom. The van der Waals surface area contributed by atoms with Crippen LogP contribution in [0.4, 0.5) is 22.7 Å². The SMILES string of the molecule is Cc1ccc2c(oc3ccccc32)c1N1[CH]N(c2ccccc2)c2ccccc21. The highest BCUT2D eigenvalue weighted by Gasteiger charge is 2.31. The van der Waals surface area contributed by atoms with Crippen molar-refractivity contribution in [2.24, 2.45) is 0 Å². The van der Waals surface area contributed by atoms with Crippen molar-refractivity contribution in [1.29, 1.82) is 0 Å². The maximum atomic E-state index is 6.35. The van der Waals surface area contributed by atoms with Crippen LogP contribution >= 0.6 is 0 Å². The van der Waals surface area contributed by atoms with Crippen molar-refractivity contribution in [2.75, 3.05) is 9.80 Å². The molecule has 0 atom stereocenters. The van der Waals surface area contributed by atoms with E-state index in [-0.39, 0.29) is 0 Å². The van der Waals surface area contributed by atoms with Gasteiger partial charge in [-0.25, -0.2) is 0 Å². The van der Waals surface area contributed by atoms with Gasteiger partial charge >= 0.3 is 0 Å². The van der Waals surface area contributed by atoms with Crippen LogP contribution in [-0.4, -0.2) is 0 Å². The average molecular weight is 375 g/mol. The first-order valence-electron chi connectivity index (χ1n) is 9.80. The van der Waals surface area contributed by atoms with Crippen LogP contribution in [0.1, 0.15) is 5.56 Å². The van der Waals surface area contributed by atoms with Crippen LogP contribution in [-0.2, 0) is 0 Å². The molecule has 0 saturated heterocycles. The molecule has 4 aromatic carbocycles. The van der Waals surface area contributed by atoms with E-state index in [1.807, 2.05) is 18.2 Å². The van der Waals surface area contributed by atoms with Crippen molar-refractivity contribution in [3.05, 3.63) is 103 Å². The Hall–Kier alpha value is -3.72. The molecule has 0 amide bonds. The molecule has 1 aliphatic rings. The van der Waals surface area contributed by atoms with Crippen LogP contribution in [0.15, 0.2) is 95.4 Å². The largest absolute Gasteiger partial charge is 0.454 e. The number of anilines is 4. The Labute approximate surface area is 169 Å². The van der Waals surface area contributed by atoms with Crippen LogP contribution in [0.25, 0.3) is 21.9 Å². The third kappa shape index (κ3) is 2.37. The molecule has 0 unspecified atom stereocenters. The summed E-state index contributed by atoms with van der Waals surface area (Å²) in [5.41, 5.74) is 7.55. The minimum atomic E-state index is 0.918. The van der Waals surface area contributed by atoms with Crippen molar-refractivity contribution in [3.63, 3.8) is 0 Å². The summed E-state index contributed by atoms with van der Waals surface area (Å²) in [6.07, 6.45) is 0. The average Bonchev–Trinajstić information content (AvgIpc) is 3.33. The summed E-state index contributed by atoms with van der Waals surface area (Å²) < 4.78 is 6.35. The standard InChI is InChI=1S/C26H19N2O/c1-18-15-16-21-20-11-5-8-14-24(20)29-26(21)25(18)28-17-27(19-9-3-2-4-10-19)22-12-6-7-13-23(22)28/h2-17H,1H3. The predicted octanol–water partition coefficient (Wildman–Crippen LogP) is 7.30. The van der Waals surface area contributed by atoms with Gasteiger partial charge in [-0.05, 0) is 42.8 Å². The fourth-order valence-corrected chi connectivity index (χ4v) is 4.26. The van der Waals surface area contributed by atoms with Crippen molar-refractivity contribution in [2.45, 2.75) is 6.92 Å². The minimum Gasteiger partial charge on any atom is -0.454 e. The van der Waals surface area contributed by atoms with Crippen molar-refractivity contribution in [1.82, 2.24) is 0 Å². The van der Waals surface area contributed by atoms with Crippen molar-refractivity contribution < 1.29 is 4.42 Å². The molecule has 0 fully saturated rings. The second-order valence-corrected chi connectivity index (χ2v) is 7.39. The summed E-state index contributed by atoms with van der Waals surface area (Å²) in [5, 5.41) is 2.29. The zero-order chi connectivity index (χ0) is 19.4. The summed E-state index contributed by atoms with van der Waals surface area (Å²) in [7, 11) is 0. The molecule has 0 bridgehead atoms. The molecule has 0 spiro atoms. The number of rotatable bonds is 2. The maximum absolute atomic E-state index is 6.35. The number of aryl methyl sites for hydroxylation is 1. The molecule has 3 heteroatoms. The highest BCUT2D eigenvalue weighted by molar-refractivity contribution is 6.11. The second-order valence-electron chi connectivity index (χ2n) is 7.39. The van der Waals surface area contributed by atoms with E-state index in [0.29, 0.717) is 0 Å². The lowest BCUT2D eigenvalue weighted by atomic mass is 10.1. The molecule has 0 saturated carbocycles. The zero-order valence-corrected chi connectivity index (χ0v) is 16.0. The Balaban J connectivity index is 1.59. The topological polar surface area (TPSA) is 19.6 Å². The molecule has 0 aliphatic carbocycles. The fourth-order valence-electron chi connectivity index (χ4n) is 4.26. The van der Waals surface area contributed by atoms with Gasteiger partial charge in [0.1, 0.15) is 5.58 Å². The van der Waals surface area contributed by atoms with Gasteiger partial charge < -0.3 is 14.2 Å². The lowest BCUT2D eigenvalue weighted by Gasteiger charge is -2.22. The maximum Gasteiger partial charge on any atom is 0.159 e. The monoisotopic (exact) mass is 375 g/mol. The number of benzene rings is 4. The van der Waals surface area contributed by atoms with Crippen LogP contribution in [0, 0.1) is 13.6 Å². The third-order valence-corrected chi connectivity index (χ3v) is 5.63. The highest BCUT2D eigenvalue weighted by Crippen LogP contribution is 2.49. The molecule has 29 heavy (non-hydrogen) atoms. The summed E-state index contributed by atoms with van der Waals surface area (Å²) in [6, 6.07) is 31.5. The second kappa shape index (κ2) is 6.14. The molecule has 0 N–H and O–H groups in total. The van der Waals surface area contributed by atoms with E-state index in [9.17, 15) is 0 Å². The smallest absolute Gasteiger partial charge is 0.159 e. The predicted molar refractivity (Wildman–Crippen MR) is 120 cm³/mol. The molecule has 1 aromatic heterocycles. The van der Waals surface area contributed by atoms with E-state index < -0.39 is 0 Å². The van der Waals surface area contributed by atoms with Crippen molar-refractivity contribution >= 4 is 44.7 Å². The Kier molecular flexibility index (Phi) is 3.44. The van der Waals surface area contributed by atoms with Gasteiger partial charge in [0.25, 0.3) is 0 Å². The fraction of sp³-hybridized carbons (Fsp3) is 0.0385. The first kappa shape index (κ1) is 16.3. The highest BCUT2D eigenvalue weighted by atomic mass is 16.3. The molecule has 5 aromatic rings. The lowest BCUT2D eigenvalue weighted by molar-refractivity contribution is 0.668. The Bertz CT molecular complexity index is 1350. The normalized spacial score (nSPS) is 13.4. The van der Waals surface area contributed by atoms with Gasteiger partial charge in [-0.1, -0.05) is 60.7 Å². The molecule has 3 nitrogen and oxygen atoms in total. The quantitative estimate of drug-likeness (QED) is 0.323. The zero-order valence-electron chi connectivity index (χ0n) is 16.0. The number of hydrogen-bond donors (Lipinski definition) is 0. The van der Waals surface area contributed by atoms with Crippen LogP contribution in [0.2, 0.25) is 0 Å². The van der Waals surface area contributed by atoms with Gasteiger partial charge in [0.15, 0.2) is 12.3 Å². The van der Waals surface area contributed by atoms with Gasteiger partial charge in [0.2, 0.25) is 0 Å². The molecule has 1 radical (unpaired) electrons. The molecule has 6 rings (SSSR count). The first-order valence-corrected chi connectivity index (χ1v) is 9.80. The summed E-state index contributed by atoms with van der Waals surface area (Å²) >= 11 is 0. The third-order valence-electron chi connectivity index (χ3n) is 5.63. The molecular weight excluding hydrogens is 356 g/mol. The van der Waals surface area contributed by atoms with Gasteiger partial charge in [0.05, 0.1) is 17.1 Å². The van der Waals surface area contributed by atoms with E-state index in [2.05, 4.69) is 96.2 Å². The van der Waals surface area contributed by atoms with Crippen LogP contribution in [0.5, 0.6) is 0 Å². The molecule has 139 valence electrons. The van der Waals surface area contributed by atoms with Gasteiger partial charge in [0, 0.05) is 16.5 Å². The minimum absolute atomic E-state index is 0.918. The number of para-hydroxylation sites is 4. The van der Waals surface area contributed by atoms with Crippen LogP contribution < -0.4 is 9.80 Å². The number of furan rings is 1. The number of fused-ring (bicyclic) bond motifs is 4. The van der Waals surface area contributed by atoms with E-state index in [1.165, 1.54) is 5.56 Å². The summed E-state index contributed by atoms with van der Waals surface area (Å²) in [6.45, 7) is 4.30.